The largest absolute Gasteiger partial charge is 0.382 e. The van der Waals surface area contributed by atoms with Crippen molar-refractivity contribution in [2.24, 2.45) is 17.6 Å². The predicted molar refractivity (Wildman–Crippen MR) is 72.3 cm³/mol. The molecule has 5 heteroatoms. The first-order valence-corrected chi connectivity index (χ1v) is 6.66. The standard InChI is InChI=1S/C13H28N2O3/c1-11(2)9-12(10-14)13(16)15-5-4-6-18-8-7-17-3/h11-12H,4-10,14H2,1-3H3,(H,15,16). The van der Waals surface area contributed by atoms with E-state index in [1.54, 1.807) is 7.11 Å². The lowest BCUT2D eigenvalue weighted by Crippen LogP contribution is -2.36. The molecule has 1 unspecified atom stereocenters. The highest BCUT2D eigenvalue weighted by molar-refractivity contribution is 5.78. The van der Waals surface area contributed by atoms with E-state index < -0.39 is 0 Å². The van der Waals surface area contributed by atoms with Crippen LogP contribution in [-0.2, 0) is 14.3 Å². The SMILES string of the molecule is COCCOCCCNC(=O)C(CN)CC(C)C. The van der Waals surface area contributed by atoms with Crippen LogP contribution in [0.25, 0.3) is 0 Å². The maximum absolute atomic E-state index is 11.8. The van der Waals surface area contributed by atoms with Gasteiger partial charge in [0.2, 0.25) is 5.91 Å². The van der Waals surface area contributed by atoms with Crippen LogP contribution in [0.5, 0.6) is 0 Å². The number of methoxy groups -OCH3 is 1. The van der Waals surface area contributed by atoms with Gasteiger partial charge in [0.05, 0.1) is 19.1 Å². The van der Waals surface area contributed by atoms with Crippen LogP contribution in [-0.4, -0.2) is 45.9 Å². The Hall–Kier alpha value is -0.650. The highest BCUT2D eigenvalue weighted by atomic mass is 16.5. The molecule has 0 aromatic rings. The van der Waals surface area contributed by atoms with Gasteiger partial charge in [-0.05, 0) is 18.8 Å². The van der Waals surface area contributed by atoms with Gasteiger partial charge >= 0.3 is 0 Å². The molecule has 18 heavy (non-hydrogen) atoms. The number of rotatable bonds is 11. The minimum atomic E-state index is -0.0700. The Balaban J connectivity index is 3.56. The molecule has 0 aromatic heterocycles. The van der Waals surface area contributed by atoms with Crippen LogP contribution in [0.1, 0.15) is 26.7 Å². The van der Waals surface area contributed by atoms with E-state index in [1.807, 2.05) is 0 Å². The van der Waals surface area contributed by atoms with Gasteiger partial charge in [-0.3, -0.25) is 4.79 Å². The van der Waals surface area contributed by atoms with Gasteiger partial charge in [-0.15, -0.1) is 0 Å². The maximum Gasteiger partial charge on any atom is 0.224 e. The van der Waals surface area contributed by atoms with Crippen molar-refractivity contribution in [3.05, 3.63) is 0 Å². The van der Waals surface area contributed by atoms with E-state index in [2.05, 4.69) is 19.2 Å². The van der Waals surface area contributed by atoms with Crippen LogP contribution in [0, 0.1) is 11.8 Å². The number of carbonyl (C=O) groups is 1. The molecule has 0 aliphatic heterocycles. The fourth-order valence-electron chi connectivity index (χ4n) is 1.65. The summed E-state index contributed by atoms with van der Waals surface area (Å²) in [7, 11) is 1.64. The first kappa shape index (κ1) is 17.4. The van der Waals surface area contributed by atoms with Crippen molar-refractivity contribution in [3.8, 4) is 0 Å². The second-order valence-electron chi connectivity index (χ2n) is 4.81. The van der Waals surface area contributed by atoms with E-state index in [9.17, 15) is 4.79 Å². The lowest BCUT2D eigenvalue weighted by atomic mass is 9.96. The van der Waals surface area contributed by atoms with Crippen LogP contribution in [0.15, 0.2) is 0 Å². The summed E-state index contributed by atoms with van der Waals surface area (Å²) >= 11 is 0. The Morgan fingerprint density at radius 1 is 1.28 bits per heavy atom. The Bertz CT molecular complexity index is 210. The normalized spacial score (nSPS) is 12.7. The number of nitrogens with one attached hydrogen (secondary N) is 1. The summed E-state index contributed by atoms with van der Waals surface area (Å²) < 4.78 is 10.2. The number of nitrogens with two attached hydrogens (primary N) is 1. The monoisotopic (exact) mass is 260 g/mol. The molecule has 0 aromatic carbocycles. The fraction of sp³-hybridized carbons (Fsp3) is 0.923. The van der Waals surface area contributed by atoms with Crippen LogP contribution >= 0.6 is 0 Å². The number of hydrogen-bond donors (Lipinski definition) is 2. The van der Waals surface area contributed by atoms with Crippen molar-refractivity contribution in [1.29, 1.82) is 0 Å². The number of carbonyl (C=O) groups excluding carboxylic acids is 1. The second-order valence-corrected chi connectivity index (χ2v) is 4.81. The lowest BCUT2D eigenvalue weighted by Gasteiger charge is -2.16. The van der Waals surface area contributed by atoms with E-state index in [0.29, 0.717) is 38.8 Å². The molecular formula is C13H28N2O3. The number of amides is 1. The molecule has 0 radical (unpaired) electrons. The average Bonchev–Trinajstić information content (AvgIpc) is 2.34. The van der Waals surface area contributed by atoms with Crippen molar-refractivity contribution < 1.29 is 14.3 Å². The highest BCUT2D eigenvalue weighted by Crippen LogP contribution is 2.10. The third-order valence-electron chi connectivity index (χ3n) is 2.61. The molecule has 0 aliphatic rings. The van der Waals surface area contributed by atoms with E-state index in [1.165, 1.54) is 0 Å². The van der Waals surface area contributed by atoms with E-state index >= 15 is 0 Å². The van der Waals surface area contributed by atoms with Crippen LogP contribution < -0.4 is 11.1 Å². The van der Waals surface area contributed by atoms with Gasteiger partial charge in [0, 0.05) is 26.8 Å². The van der Waals surface area contributed by atoms with Crippen LogP contribution in [0.2, 0.25) is 0 Å². The quantitative estimate of drug-likeness (QED) is 0.538. The molecule has 0 fully saturated rings. The molecule has 0 saturated heterocycles. The Kier molecular flexibility index (Phi) is 11.0. The molecule has 0 rings (SSSR count). The number of hydrogen-bond acceptors (Lipinski definition) is 4. The molecule has 0 heterocycles. The summed E-state index contributed by atoms with van der Waals surface area (Å²) in [5.41, 5.74) is 5.61. The summed E-state index contributed by atoms with van der Waals surface area (Å²) in [6, 6.07) is 0. The van der Waals surface area contributed by atoms with Crippen molar-refractivity contribution in [1.82, 2.24) is 5.32 Å². The van der Waals surface area contributed by atoms with Crippen molar-refractivity contribution in [3.63, 3.8) is 0 Å². The molecule has 3 N–H and O–H groups in total. The first-order valence-electron chi connectivity index (χ1n) is 6.66. The summed E-state index contributed by atoms with van der Waals surface area (Å²) in [5.74, 6) is 0.476. The molecule has 108 valence electrons. The molecule has 5 nitrogen and oxygen atoms in total. The summed E-state index contributed by atoms with van der Waals surface area (Å²) in [6.07, 6.45) is 1.65. The molecular weight excluding hydrogens is 232 g/mol. The minimum Gasteiger partial charge on any atom is -0.382 e. The topological polar surface area (TPSA) is 73.6 Å². The molecule has 1 amide bonds. The van der Waals surface area contributed by atoms with Gasteiger partial charge in [0.15, 0.2) is 0 Å². The molecule has 0 aliphatic carbocycles. The van der Waals surface area contributed by atoms with Gasteiger partial charge in [-0.1, -0.05) is 13.8 Å². The van der Waals surface area contributed by atoms with Gasteiger partial charge < -0.3 is 20.5 Å². The molecule has 0 saturated carbocycles. The first-order chi connectivity index (χ1) is 8.61. The Morgan fingerprint density at radius 2 is 2.00 bits per heavy atom. The third-order valence-corrected chi connectivity index (χ3v) is 2.61. The molecule has 0 bridgehead atoms. The lowest BCUT2D eigenvalue weighted by molar-refractivity contribution is -0.125. The second kappa shape index (κ2) is 11.4. The summed E-state index contributed by atoms with van der Waals surface area (Å²) in [4.78, 5) is 11.8. The Morgan fingerprint density at radius 3 is 2.56 bits per heavy atom. The van der Waals surface area contributed by atoms with Gasteiger partial charge in [0.25, 0.3) is 0 Å². The van der Waals surface area contributed by atoms with Crippen molar-refractivity contribution >= 4 is 5.91 Å². The maximum atomic E-state index is 11.8. The molecule has 0 spiro atoms. The predicted octanol–water partition coefficient (Wildman–Crippen LogP) is 0.777. The Labute approximate surface area is 110 Å². The zero-order valence-electron chi connectivity index (χ0n) is 11.9. The zero-order valence-corrected chi connectivity index (χ0v) is 11.9. The van der Waals surface area contributed by atoms with Crippen LogP contribution in [0.4, 0.5) is 0 Å². The average molecular weight is 260 g/mol. The summed E-state index contributed by atoms with van der Waals surface area (Å²) in [5, 5.41) is 2.90. The van der Waals surface area contributed by atoms with Gasteiger partial charge in [0.1, 0.15) is 0 Å². The van der Waals surface area contributed by atoms with E-state index in [-0.39, 0.29) is 11.8 Å². The smallest absolute Gasteiger partial charge is 0.224 e. The van der Waals surface area contributed by atoms with Gasteiger partial charge in [-0.25, -0.2) is 0 Å². The van der Waals surface area contributed by atoms with Crippen molar-refractivity contribution in [2.75, 3.05) is 40.0 Å². The van der Waals surface area contributed by atoms with E-state index in [0.717, 1.165) is 12.8 Å². The number of ether oxygens (including phenoxy) is 2. The zero-order chi connectivity index (χ0) is 13.8. The minimum absolute atomic E-state index is 0.0584. The van der Waals surface area contributed by atoms with E-state index in [4.69, 9.17) is 15.2 Å². The van der Waals surface area contributed by atoms with Gasteiger partial charge in [-0.2, -0.15) is 0 Å². The summed E-state index contributed by atoms with van der Waals surface area (Å²) in [6.45, 7) is 7.09. The third kappa shape index (κ3) is 9.39. The highest BCUT2D eigenvalue weighted by Gasteiger charge is 2.17. The fourth-order valence-corrected chi connectivity index (χ4v) is 1.65. The van der Waals surface area contributed by atoms with Crippen molar-refractivity contribution in [2.45, 2.75) is 26.7 Å². The van der Waals surface area contributed by atoms with Crippen LogP contribution in [0.3, 0.4) is 0 Å². The molecule has 1 atom stereocenters.